The number of amides is 1. The van der Waals surface area contributed by atoms with E-state index in [0.717, 1.165) is 18.4 Å². The van der Waals surface area contributed by atoms with Crippen LogP contribution in [0.2, 0.25) is 0 Å². The number of benzene rings is 2. The molecule has 0 aromatic heterocycles. The smallest absolute Gasteiger partial charge is 0.253 e. The second kappa shape index (κ2) is 10.7. The quantitative estimate of drug-likeness (QED) is 0.622. The Balaban J connectivity index is 1.46. The van der Waals surface area contributed by atoms with Gasteiger partial charge in [0.05, 0.1) is 0 Å². The summed E-state index contributed by atoms with van der Waals surface area (Å²) < 4.78 is 5.92. The lowest BCUT2D eigenvalue weighted by Crippen LogP contribution is -2.49. The van der Waals surface area contributed by atoms with Crippen LogP contribution in [-0.2, 0) is 6.61 Å². The zero-order valence-electron chi connectivity index (χ0n) is 17.8. The summed E-state index contributed by atoms with van der Waals surface area (Å²) in [5, 5.41) is 3.30. The van der Waals surface area contributed by atoms with Crippen LogP contribution < -0.4 is 10.1 Å². The van der Waals surface area contributed by atoms with Crippen molar-refractivity contribution in [3.05, 3.63) is 102 Å². The molecule has 1 aliphatic heterocycles. The standard InChI is InChI=1S/C27H30N2O2/c30-27(24-16-11-17-25(20-24)31-21-22-12-5-3-6-13-22)28-26(23-14-7-4-8-15-23)29-18-9-1-2-10-19-29/h1-3,5-6,9-13,16-20,23,26H,4,7-8,14-15,21H2,(H,28,30). The third kappa shape index (κ3) is 5.88. The van der Waals surface area contributed by atoms with Gasteiger partial charge in [-0.25, -0.2) is 0 Å². The molecular formula is C27H30N2O2. The lowest BCUT2D eigenvalue weighted by atomic mass is 9.86. The van der Waals surface area contributed by atoms with Gasteiger partial charge >= 0.3 is 0 Å². The molecule has 0 bridgehead atoms. The zero-order chi connectivity index (χ0) is 21.3. The molecule has 1 atom stereocenters. The Morgan fingerprint density at radius 2 is 1.68 bits per heavy atom. The van der Waals surface area contributed by atoms with Gasteiger partial charge in [0.2, 0.25) is 0 Å². The van der Waals surface area contributed by atoms with Crippen molar-refractivity contribution in [3.8, 4) is 5.75 Å². The highest BCUT2D eigenvalue weighted by molar-refractivity contribution is 5.94. The summed E-state index contributed by atoms with van der Waals surface area (Å²) >= 11 is 0. The normalized spacial score (nSPS) is 17.2. The summed E-state index contributed by atoms with van der Waals surface area (Å²) in [7, 11) is 0. The van der Waals surface area contributed by atoms with Crippen molar-refractivity contribution in [1.29, 1.82) is 0 Å². The second-order valence-electron chi connectivity index (χ2n) is 8.13. The number of nitrogens with zero attached hydrogens (tertiary/aromatic N) is 1. The number of ether oxygens (including phenoxy) is 1. The number of hydrogen-bond donors (Lipinski definition) is 1. The van der Waals surface area contributed by atoms with Crippen molar-refractivity contribution in [1.82, 2.24) is 10.2 Å². The Hall–Kier alpha value is -3.27. The van der Waals surface area contributed by atoms with Gasteiger partial charge in [-0.1, -0.05) is 67.8 Å². The van der Waals surface area contributed by atoms with Crippen LogP contribution in [-0.4, -0.2) is 17.0 Å². The molecule has 1 aliphatic carbocycles. The molecule has 4 nitrogen and oxygen atoms in total. The highest BCUT2D eigenvalue weighted by Gasteiger charge is 2.28. The van der Waals surface area contributed by atoms with Gasteiger partial charge in [-0.2, -0.15) is 0 Å². The third-order valence-corrected chi connectivity index (χ3v) is 5.89. The molecular weight excluding hydrogens is 384 g/mol. The summed E-state index contributed by atoms with van der Waals surface area (Å²) in [6, 6.07) is 17.5. The molecule has 160 valence electrons. The van der Waals surface area contributed by atoms with Crippen molar-refractivity contribution in [2.24, 2.45) is 5.92 Å². The summed E-state index contributed by atoms with van der Waals surface area (Å²) in [4.78, 5) is 15.3. The van der Waals surface area contributed by atoms with Crippen LogP contribution in [0.3, 0.4) is 0 Å². The minimum Gasteiger partial charge on any atom is -0.489 e. The molecule has 2 aromatic rings. The fourth-order valence-electron chi connectivity index (χ4n) is 4.23. The zero-order valence-corrected chi connectivity index (χ0v) is 17.8. The van der Waals surface area contributed by atoms with Gasteiger partial charge in [-0.15, -0.1) is 0 Å². The molecule has 2 aliphatic rings. The second-order valence-corrected chi connectivity index (χ2v) is 8.13. The highest BCUT2D eigenvalue weighted by Crippen LogP contribution is 2.29. The Bertz CT molecular complexity index is 927. The predicted molar refractivity (Wildman–Crippen MR) is 124 cm³/mol. The number of nitrogens with one attached hydrogen (secondary N) is 1. The van der Waals surface area contributed by atoms with E-state index in [2.05, 4.69) is 10.2 Å². The highest BCUT2D eigenvalue weighted by atomic mass is 16.5. The van der Waals surface area contributed by atoms with E-state index < -0.39 is 0 Å². The number of carbonyl (C=O) groups excluding carboxylic acids is 1. The van der Waals surface area contributed by atoms with E-state index in [9.17, 15) is 4.79 Å². The van der Waals surface area contributed by atoms with Crippen molar-refractivity contribution in [3.63, 3.8) is 0 Å². The molecule has 1 amide bonds. The summed E-state index contributed by atoms with van der Waals surface area (Å²) in [6.07, 6.45) is 18.1. The maximum absolute atomic E-state index is 13.2. The number of carbonyl (C=O) groups is 1. The number of allylic oxidation sites excluding steroid dienone is 4. The van der Waals surface area contributed by atoms with Crippen LogP contribution in [0.25, 0.3) is 0 Å². The molecule has 0 saturated heterocycles. The molecule has 2 aromatic carbocycles. The molecule has 0 spiro atoms. The third-order valence-electron chi connectivity index (χ3n) is 5.89. The first-order chi connectivity index (χ1) is 15.3. The van der Waals surface area contributed by atoms with Crippen LogP contribution in [0.1, 0.15) is 48.0 Å². The molecule has 31 heavy (non-hydrogen) atoms. The molecule has 1 unspecified atom stereocenters. The van der Waals surface area contributed by atoms with Crippen molar-refractivity contribution < 1.29 is 9.53 Å². The van der Waals surface area contributed by atoms with Crippen LogP contribution in [0, 0.1) is 5.92 Å². The summed E-state index contributed by atoms with van der Waals surface area (Å²) in [5.41, 5.74) is 1.72. The van der Waals surface area contributed by atoms with E-state index in [1.54, 1.807) is 0 Å². The lowest BCUT2D eigenvalue weighted by Gasteiger charge is -2.37. The van der Waals surface area contributed by atoms with E-state index in [0.29, 0.717) is 23.8 Å². The Morgan fingerprint density at radius 1 is 0.935 bits per heavy atom. The Kier molecular flexibility index (Phi) is 7.22. The van der Waals surface area contributed by atoms with E-state index >= 15 is 0 Å². The van der Waals surface area contributed by atoms with Crippen LogP contribution in [0.15, 0.2) is 91.3 Å². The van der Waals surface area contributed by atoms with Gasteiger partial charge in [0.15, 0.2) is 0 Å². The SMILES string of the molecule is O=C(NC(C1CCCCC1)N1C=CC=CC=C1)c1cccc(OCc2ccccc2)c1. The van der Waals surface area contributed by atoms with E-state index in [-0.39, 0.29) is 12.1 Å². The largest absolute Gasteiger partial charge is 0.489 e. The van der Waals surface area contributed by atoms with Gasteiger partial charge in [0.25, 0.3) is 5.91 Å². The topological polar surface area (TPSA) is 41.6 Å². The molecule has 0 radical (unpaired) electrons. The van der Waals surface area contributed by atoms with Crippen molar-refractivity contribution in [2.45, 2.75) is 44.9 Å². The number of rotatable bonds is 7. The lowest BCUT2D eigenvalue weighted by molar-refractivity contribution is 0.0843. The van der Waals surface area contributed by atoms with Gasteiger partial charge in [0, 0.05) is 18.0 Å². The maximum atomic E-state index is 13.2. The first kappa shape index (κ1) is 21.0. The van der Waals surface area contributed by atoms with Gasteiger partial charge < -0.3 is 15.0 Å². The average molecular weight is 415 g/mol. The first-order valence-electron chi connectivity index (χ1n) is 11.2. The van der Waals surface area contributed by atoms with E-state index in [1.807, 2.05) is 91.3 Å². The predicted octanol–water partition coefficient (Wildman–Crippen LogP) is 5.80. The average Bonchev–Trinajstić information content (AvgIpc) is 3.12. The van der Waals surface area contributed by atoms with E-state index in [4.69, 9.17) is 4.74 Å². The fourth-order valence-corrected chi connectivity index (χ4v) is 4.23. The van der Waals surface area contributed by atoms with Crippen molar-refractivity contribution in [2.75, 3.05) is 0 Å². The summed E-state index contributed by atoms with van der Waals surface area (Å²) in [6.45, 7) is 0.479. The molecule has 4 heteroatoms. The maximum Gasteiger partial charge on any atom is 0.253 e. The van der Waals surface area contributed by atoms with Crippen LogP contribution >= 0.6 is 0 Å². The summed E-state index contributed by atoms with van der Waals surface area (Å²) in [5.74, 6) is 1.06. The molecule has 1 fully saturated rings. The molecule has 1 N–H and O–H groups in total. The van der Waals surface area contributed by atoms with Gasteiger partial charge in [-0.05, 0) is 54.7 Å². The number of hydrogen-bond acceptors (Lipinski definition) is 3. The minimum absolute atomic E-state index is 0.0610. The van der Waals surface area contributed by atoms with Gasteiger partial charge in [0.1, 0.15) is 18.5 Å². The Morgan fingerprint density at radius 3 is 2.42 bits per heavy atom. The molecule has 1 saturated carbocycles. The van der Waals surface area contributed by atoms with Crippen LogP contribution in [0.5, 0.6) is 5.75 Å². The van der Waals surface area contributed by atoms with Gasteiger partial charge in [-0.3, -0.25) is 4.79 Å². The molecule has 4 rings (SSSR count). The Labute approximate surface area is 184 Å². The van der Waals surface area contributed by atoms with E-state index in [1.165, 1.54) is 19.3 Å². The molecule has 1 heterocycles. The minimum atomic E-state index is -0.0697. The first-order valence-corrected chi connectivity index (χ1v) is 11.2. The monoisotopic (exact) mass is 414 g/mol. The fraction of sp³-hybridized carbons (Fsp3) is 0.296. The van der Waals surface area contributed by atoms with Crippen LogP contribution in [0.4, 0.5) is 0 Å². The van der Waals surface area contributed by atoms with Crippen molar-refractivity contribution >= 4 is 5.91 Å².